The summed E-state index contributed by atoms with van der Waals surface area (Å²) in [5, 5.41) is 13.9. The Balaban J connectivity index is 0.00000133. The highest BCUT2D eigenvalue weighted by molar-refractivity contribution is 5.94. The Bertz CT molecular complexity index is 565. The van der Waals surface area contributed by atoms with E-state index in [1.807, 2.05) is 18.2 Å². The Morgan fingerprint density at radius 1 is 1.42 bits per heavy atom. The van der Waals surface area contributed by atoms with Crippen LogP contribution in [0, 0.1) is 5.92 Å². The van der Waals surface area contributed by atoms with E-state index in [4.69, 9.17) is 0 Å². The highest BCUT2D eigenvalue weighted by Crippen LogP contribution is 2.27. The van der Waals surface area contributed by atoms with Gasteiger partial charge in [-0.05, 0) is 43.5 Å². The number of aromatic amines is 1. The first-order valence-corrected chi connectivity index (χ1v) is 6.25. The molecule has 1 fully saturated rings. The fraction of sp³-hybridized carbons (Fsp3) is 0.385. The second-order valence-electron chi connectivity index (χ2n) is 4.79. The molecule has 6 heteroatoms. The van der Waals surface area contributed by atoms with E-state index in [0.29, 0.717) is 6.54 Å². The van der Waals surface area contributed by atoms with Crippen LogP contribution in [0.4, 0.5) is 5.69 Å². The van der Waals surface area contributed by atoms with E-state index in [9.17, 15) is 4.79 Å². The smallest absolute Gasteiger partial charge is 0.238 e. The number of hydrogen-bond donors (Lipinski definition) is 3. The summed E-state index contributed by atoms with van der Waals surface area (Å²) in [6.45, 7) is 1.33. The van der Waals surface area contributed by atoms with Crippen LogP contribution < -0.4 is 10.6 Å². The van der Waals surface area contributed by atoms with Crippen LogP contribution in [0.15, 0.2) is 24.4 Å². The highest BCUT2D eigenvalue weighted by Gasteiger charge is 2.20. The van der Waals surface area contributed by atoms with Crippen molar-refractivity contribution >= 4 is 34.9 Å². The molecule has 1 aromatic carbocycles. The number of hydrogen-bond acceptors (Lipinski definition) is 3. The van der Waals surface area contributed by atoms with Crippen LogP contribution in [-0.4, -0.2) is 29.2 Å². The first kappa shape index (κ1) is 13.8. The van der Waals surface area contributed by atoms with Gasteiger partial charge in [0.1, 0.15) is 0 Å². The number of nitrogens with zero attached hydrogens (tertiary/aromatic N) is 1. The summed E-state index contributed by atoms with van der Waals surface area (Å²) < 4.78 is 0. The molecular weight excluding hydrogens is 264 g/mol. The molecule has 1 aromatic heterocycles. The van der Waals surface area contributed by atoms with E-state index < -0.39 is 0 Å². The molecule has 1 aliphatic carbocycles. The minimum atomic E-state index is -0.00139. The molecule has 1 heterocycles. The van der Waals surface area contributed by atoms with E-state index in [0.717, 1.165) is 29.1 Å². The number of nitrogens with one attached hydrogen (secondary N) is 3. The summed E-state index contributed by atoms with van der Waals surface area (Å²) in [6, 6.07) is 5.70. The van der Waals surface area contributed by atoms with E-state index in [-0.39, 0.29) is 18.3 Å². The fourth-order valence-electron chi connectivity index (χ4n) is 1.94. The number of H-pyrrole nitrogens is 1. The molecular formula is C13H17ClN4O. The first-order valence-electron chi connectivity index (χ1n) is 6.25. The van der Waals surface area contributed by atoms with Crippen LogP contribution in [0.5, 0.6) is 0 Å². The molecule has 0 aliphatic heterocycles. The molecule has 5 nitrogen and oxygen atoms in total. The third-order valence-corrected chi connectivity index (χ3v) is 3.14. The molecule has 1 aliphatic rings. The number of carbonyl (C=O) groups excluding carboxylic acids is 1. The summed E-state index contributed by atoms with van der Waals surface area (Å²) in [5.74, 6) is 0.790. The van der Waals surface area contributed by atoms with Crippen LogP contribution in [-0.2, 0) is 4.79 Å². The van der Waals surface area contributed by atoms with Crippen LogP contribution in [0.3, 0.4) is 0 Å². The summed E-state index contributed by atoms with van der Waals surface area (Å²) in [4.78, 5) is 11.7. The Labute approximate surface area is 117 Å². The Hall–Kier alpha value is -1.59. The van der Waals surface area contributed by atoms with Gasteiger partial charge in [0.05, 0.1) is 18.3 Å². The average molecular weight is 281 g/mol. The summed E-state index contributed by atoms with van der Waals surface area (Å²) in [5.41, 5.74) is 1.78. The summed E-state index contributed by atoms with van der Waals surface area (Å²) >= 11 is 0. The monoisotopic (exact) mass is 280 g/mol. The van der Waals surface area contributed by atoms with Gasteiger partial charge >= 0.3 is 0 Å². The molecule has 0 saturated heterocycles. The van der Waals surface area contributed by atoms with Gasteiger partial charge in [-0.2, -0.15) is 5.10 Å². The number of halogens is 1. The van der Waals surface area contributed by atoms with E-state index >= 15 is 0 Å². The third-order valence-electron chi connectivity index (χ3n) is 3.14. The molecule has 2 aromatic rings. The lowest BCUT2D eigenvalue weighted by Crippen LogP contribution is -2.29. The Morgan fingerprint density at radius 3 is 3.05 bits per heavy atom. The van der Waals surface area contributed by atoms with Crippen molar-refractivity contribution < 1.29 is 4.79 Å². The minimum Gasteiger partial charge on any atom is -0.325 e. The first-order chi connectivity index (χ1) is 8.81. The number of amides is 1. The van der Waals surface area contributed by atoms with Crippen molar-refractivity contribution in [1.29, 1.82) is 0 Å². The molecule has 0 unspecified atom stereocenters. The topological polar surface area (TPSA) is 69.8 Å². The molecule has 0 spiro atoms. The van der Waals surface area contributed by atoms with E-state index in [2.05, 4.69) is 20.8 Å². The molecule has 0 bridgehead atoms. The maximum atomic E-state index is 11.7. The van der Waals surface area contributed by atoms with Gasteiger partial charge in [0.2, 0.25) is 5.91 Å². The van der Waals surface area contributed by atoms with Crippen molar-refractivity contribution in [2.24, 2.45) is 5.92 Å². The number of rotatable bonds is 5. The SMILES string of the molecule is Cl.O=C(CNCC1CC1)Nc1ccc2[nH]ncc2c1. The molecule has 1 amide bonds. The zero-order valence-electron chi connectivity index (χ0n) is 10.5. The van der Waals surface area contributed by atoms with Gasteiger partial charge in [-0.25, -0.2) is 0 Å². The van der Waals surface area contributed by atoms with Crippen molar-refractivity contribution in [3.05, 3.63) is 24.4 Å². The fourth-order valence-corrected chi connectivity index (χ4v) is 1.94. The molecule has 0 radical (unpaired) electrons. The molecule has 1 saturated carbocycles. The van der Waals surface area contributed by atoms with Crippen LogP contribution >= 0.6 is 12.4 Å². The number of aromatic nitrogens is 2. The summed E-state index contributed by atoms with van der Waals surface area (Å²) in [7, 11) is 0. The van der Waals surface area contributed by atoms with Crippen LogP contribution in [0.25, 0.3) is 10.9 Å². The quantitative estimate of drug-likeness (QED) is 0.784. The molecule has 0 atom stereocenters. The zero-order chi connectivity index (χ0) is 12.4. The lowest BCUT2D eigenvalue weighted by atomic mass is 10.2. The van der Waals surface area contributed by atoms with Crippen molar-refractivity contribution in [3.63, 3.8) is 0 Å². The lowest BCUT2D eigenvalue weighted by molar-refractivity contribution is -0.115. The van der Waals surface area contributed by atoms with Gasteiger partial charge in [-0.1, -0.05) is 0 Å². The molecule has 3 N–H and O–H groups in total. The highest BCUT2D eigenvalue weighted by atomic mass is 35.5. The number of anilines is 1. The van der Waals surface area contributed by atoms with Gasteiger partial charge in [0.15, 0.2) is 0 Å². The third kappa shape index (κ3) is 3.68. The molecule has 102 valence electrons. The van der Waals surface area contributed by atoms with Crippen LogP contribution in [0.2, 0.25) is 0 Å². The van der Waals surface area contributed by atoms with Crippen molar-refractivity contribution in [1.82, 2.24) is 15.5 Å². The Morgan fingerprint density at radius 2 is 2.26 bits per heavy atom. The second-order valence-corrected chi connectivity index (χ2v) is 4.79. The largest absolute Gasteiger partial charge is 0.325 e. The summed E-state index contributed by atoms with van der Waals surface area (Å²) in [6.07, 6.45) is 4.34. The Kier molecular flexibility index (Phi) is 4.39. The van der Waals surface area contributed by atoms with Gasteiger partial charge in [0.25, 0.3) is 0 Å². The molecule has 19 heavy (non-hydrogen) atoms. The van der Waals surface area contributed by atoms with Crippen molar-refractivity contribution in [2.45, 2.75) is 12.8 Å². The average Bonchev–Trinajstić information content (AvgIpc) is 3.06. The van der Waals surface area contributed by atoms with Gasteiger partial charge < -0.3 is 10.6 Å². The number of carbonyl (C=O) groups is 1. The minimum absolute atomic E-state index is 0. The zero-order valence-corrected chi connectivity index (χ0v) is 11.3. The molecule has 3 rings (SSSR count). The van der Waals surface area contributed by atoms with Crippen LogP contribution in [0.1, 0.15) is 12.8 Å². The number of benzene rings is 1. The second kappa shape index (κ2) is 6.04. The number of fused-ring (bicyclic) bond motifs is 1. The maximum Gasteiger partial charge on any atom is 0.238 e. The van der Waals surface area contributed by atoms with E-state index in [1.54, 1.807) is 6.20 Å². The van der Waals surface area contributed by atoms with Gasteiger partial charge in [-0.3, -0.25) is 9.89 Å². The standard InChI is InChI=1S/C13H16N4O.ClH/c18-13(8-14-6-9-1-2-9)16-11-3-4-12-10(5-11)7-15-17-12;/h3-5,7,9,14H,1-2,6,8H2,(H,15,17)(H,16,18);1H. The lowest BCUT2D eigenvalue weighted by Gasteiger charge is -2.06. The van der Waals surface area contributed by atoms with Crippen molar-refractivity contribution in [2.75, 3.05) is 18.4 Å². The predicted octanol–water partition coefficient (Wildman–Crippen LogP) is 1.92. The van der Waals surface area contributed by atoms with Gasteiger partial charge in [-0.15, -0.1) is 12.4 Å². The predicted molar refractivity (Wildman–Crippen MR) is 77.6 cm³/mol. The normalized spacial score (nSPS) is 14.1. The van der Waals surface area contributed by atoms with Crippen molar-refractivity contribution in [3.8, 4) is 0 Å². The van der Waals surface area contributed by atoms with Gasteiger partial charge in [0, 0.05) is 11.1 Å². The maximum absolute atomic E-state index is 11.7. The van der Waals surface area contributed by atoms with E-state index in [1.165, 1.54) is 12.8 Å².